The average molecular weight is 377 g/mol. The van der Waals surface area contributed by atoms with Crippen molar-refractivity contribution < 1.29 is 9.90 Å². The summed E-state index contributed by atoms with van der Waals surface area (Å²) in [5.74, 6) is 0.0941. The minimum Gasteiger partial charge on any atom is -0.393 e. The molecule has 0 heterocycles. The summed E-state index contributed by atoms with van der Waals surface area (Å²) in [5, 5.41) is 12.6. The van der Waals surface area contributed by atoms with Crippen molar-refractivity contribution in [2.24, 2.45) is 5.92 Å². The predicted molar refractivity (Wildman–Crippen MR) is 77.5 cm³/mol. The molecule has 1 saturated carbocycles. The molecule has 0 spiro atoms. The first-order chi connectivity index (χ1) is 8.58. The van der Waals surface area contributed by atoms with Gasteiger partial charge in [0.25, 0.3) is 5.91 Å². The topological polar surface area (TPSA) is 49.3 Å². The lowest BCUT2D eigenvalue weighted by molar-refractivity contribution is 0.0916. The van der Waals surface area contributed by atoms with E-state index < -0.39 is 0 Å². The fourth-order valence-corrected chi connectivity index (χ4v) is 3.48. The molecule has 0 aromatic heterocycles. The highest BCUT2D eigenvalue weighted by Gasteiger charge is 2.25. The van der Waals surface area contributed by atoms with E-state index in [1.54, 1.807) is 6.07 Å². The molecule has 0 saturated heterocycles. The van der Waals surface area contributed by atoms with Gasteiger partial charge in [-0.05, 0) is 47.0 Å². The van der Waals surface area contributed by atoms with Crippen molar-refractivity contribution in [1.82, 2.24) is 5.32 Å². The molecular formula is C13H15Br2NO2. The summed E-state index contributed by atoms with van der Waals surface area (Å²) in [6, 6.07) is 5.46. The van der Waals surface area contributed by atoms with Gasteiger partial charge in [0.15, 0.2) is 0 Å². The summed E-state index contributed by atoms with van der Waals surface area (Å²) in [7, 11) is 0. The van der Waals surface area contributed by atoms with Gasteiger partial charge in [-0.25, -0.2) is 0 Å². The van der Waals surface area contributed by atoms with Crippen LogP contribution in [0.4, 0.5) is 0 Å². The van der Waals surface area contributed by atoms with Gasteiger partial charge in [-0.1, -0.05) is 22.4 Å². The molecule has 0 aliphatic heterocycles. The van der Waals surface area contributed by atoms with Crippen LogP contribution in [-0.2, 0) is 0 Å². The van der Waals surface area contributed by atoms with Crippen molar-refractivity contribution in [1.29, 1.82) is 0 Å². The number of hydrogen-bond donors (Lipinski definition) is 2. The number of hydrogen-bond acceptors (Lipinski definition) is 2. The molecule has 1 aliphatic carbocycles. The van der Waals surface area contributed by atoms with E-state index in [4.69, 9.17) is 0 Å². The first-order valence-electron chi connectivity index (χ1n) is 5.99. The number of halogens is 2. The zero-order valence-electron chi connectivity index (χ0n) is 9.83. The largest absolute Gasteiger partial charge is 0.393 e. The quantitative estimate of drug-likeness (QED) is 0.851. The number of carbonyl (C=O) groups excluding carboxylic acids is 1. The molecule has 2 N–H and O–H groups in total. The second-order valence-corrected chi connectivity index (χ2v) is 6.36. The van der Waals surface area contributed by atoms with Gasteiger partial charge in [0, 0.05) is 21.4 Å². The molecule has 1 aromatic rings. The Kier molecular flexibility index (Phi) is 4.81. The first-order valence-corrected chi connectivity index (χ1v) is 7.58. The number of benzene rings is 1. The van der Waals surface area contributed by atoms with Crippen LogP contribution in [0, 0.1) is 5.92 Å². The molecule has 1 aliphatic rings. The van der Waals surface area contributed by atoms with Gasteiger partial charge in [-0.2, -0.15) is 0 Å². The first kappa shape index (κ1) is 14.0. The zero-order chi connectivity index (χ0) is 13.1. The normalized spacial score (nSPS) is 23.1. The van der Waals surface area contributed by atoms with Crippen LogP contribution >= 0.6 is 31.9 Å². The van der Waals surface area contributed by atoms with E-state index in [1.807, 2.05) is 12.1 Å². The SMILES string of the molecule is O=C(NCC1CCCC1O)c1ccc(Br)cc1Br. The Morgan fingerprint density at radius 1 is 1.39 bits per heavy atom. The maximum atomic E-state index is 12.0. The molecule has 18 heavy (non-hydrogen) atoms. The molecule has 0 bridgehead atoms. The maximum Gasteiger partial charge on any atom is 0.252 e. The highest BCUT2D eigenvalue weighted by Crippen LogP contribution is 2.25. The van der Waals surface area contributed by atoms with Crippen LogP contribution in [0.1, 0.15) is 29.6 Å². The number of carbonyl (C=O) groups is 1. The summed E-state index contributed by atoms with van der Waals surface area (Å²) >= 11 is 6.72. The van der Waals surface area contributed by atoms with Crippen LogP contribution in [0.15, 0.2) is 27.1 Å². The number of aliphatic hydroxyl groups is 1. The Balaban J connectivity index is 1.95. The van der Waals surface area contributed by atoms with Gasteiger partial charge >= 0.3 is 0 Å². The van der Waals surface area contributed by atoms with Gasteiger partial charge in [0.1, 0.15) is 0 Å². The molecule has 2 rings (SSSR count). The Bertz CT molecular complexity index is 451. The van der Waals surface area contributed by atoms with E-state index in [1.165, 1.54) is 0 Å². The van der Waals surface area contributed by atoms with Gasteiger partial charge in [0.05, 0.1) is 11.7 Å². The molecule has 2 atom stereocenters. The Morgan fingerprint density at radius 3 is 2.78 bits per heavy atom. The average Bonchev–Trinajstić information content (AvgIpc) is 2.72. The summed E-state index contributed by atoms with van der Waals surface area (Å²) in [5.41, 5.74) is 0.616. The molecule has 2 unspecified atom stereocenters. The predicted octanol–water partition coefficient (Wildman–Crippen LogP) is 3.10. The highest BCUT2D eigenvalue weighted by atomic mass is 79.9. The fraction of sp³-hybridized carbons (Fsp3) is 0.462. The lowest BCUT2D eigenvalue weighted by Crippen LogP contribution is -2.32. The lowest BCUT2D eigenvalue weighted by atomic mass is 10.1. The van der Waals surface area contributed by atoms with E-state index in [2.05, 4.69) is 37.2 Å². The molecule has 98 valence electrons. The third-order valence-electron chi connectivity index (χ3n) is 3.32. The number of rotatable bonds is 3. The maximum absolute atomic E-state index is 12.0. The Morgan fingerprint density at radius 2 is 2.17 bits per heavy atom. The second kappa shape index (κ2) is 6.17. The minimum atomic E-state index is -0.265. The Hall–Kier alpha value is -0.390. The summed E-state index contributed by atoms with van der Waals surface area (Å²) < 4.78 is 1.69. The summed E-state index contributed by atoms with van der Waals surface area (Å²) in [4.78, 5) is 12.0. The van der Waals surface area contributed by atoms with E-state index in [9.17, 15) is 9.90 Å². The second-order valence-electron chi connectivity index (χ2n) is 4.59. The van der Waals surface area contributed by atoms with Crippen LogP contribution in [0.5, 0.6) is 0 Å². The number of amides is 1. The summed E-state index contributed by atoms with van der Waals surface area (Å²) in [6.07, 6.45) is 2.62. The molecule has 1 amide bonds. The van der Waals surface area contributed by atoms with Crippen molar-refractivity contribution in [3.63, 3.8) is 0 Å². The van der Waals surface area contributed by atoms with Crippen molar-refractivity contribution >= 4 is 37.8 Å². The number of nitrogens with one attached hydrogen (secondary N) is 1. The zero-order valence-corrected chi connectivity index (χ0v) is 13.0. The monoisotopic (exact) mass is 375 g/mol. The third kappa shape index (κ3) is 3.33. The molecule has 3 nitrogen and oxygen atoms in total. The van der Waals surface area contributed by atoms with E-state index in [-0.39, 0.29) is 17.9 Å². The Labute approximate surface area is 123 Å². The van der Waals surface area contributed by atoms with E-state index in [0.717, 1.165) is 28.2 Å². The standard InChI is InChI=1S/C13H15Br2NO2/c14-9-4-5-10(11(15)6-9)13(18)16-7-8-2-1-3-12(8)17/h4-6,8,12,17H,1-3,7H2,(H,16,18). The molecule has 1 fully saturated rings. The van der Waals surface area contributed by atoms with E-state index in [0.29, 0.717) is 12.1 Å². The van der Waals surface area contributed by atoms with Crippen LogP contribution in [-0.4, -0.2) is 23.7 Å². The van der Waals surface area contributed by atoms with Crippen molar-refractivity contribution in [3.05, 3.63) is 32.7 Å². The van der Waals surface area contributed by atoms with Crippen LogP contribution in [0.25, 0.3) is 0 Å². The lowest BCUT2D eigenvalue weighted by Gasteiger charge is -2.15. The van der Waals surface area contributed by atoms with Crippen molar-refractivity contribution in [2.75, 3.05) is 6.54 Å². The van der Waals surface area contributed by atoms with Crippen molar-refractivity contribution in [3.8, 4) is 0 Å². The smallest absolute Gasteiger partial charge is 0.252 e. The van der Waals surface area contributed by atoms with Gasteiger partial charge in [-0.3, -0.25) is 4.79 Å². The summed E-state index contributed by atoms with van der Waals surface area (Å²) in [6.45, 7) is 0.544. The molecule has 0 radical (unpaired) electrons. The number of aliphatic hydroxyl groups excluding tert-OH is 1. The van der Waals surface area contributed by atoms with E-state index >= 15 is 0 Å². The third-order valence-corrected chi connectivity index (χ3v) is 4.47. The fourth-order valence-electron chi connectivity index (χ4n) is 2.25. The van der Waals surface area contributed by atoms with Crippen LogP contribution in [0.2, 0.25) is 0 Å². The molecule has 5 heteroatoms. The van der Waals surface area contributed by atoms with Crippen LogP contribution < -0.4 is 5.32 Å². The molecular weight excluding hydrogens is 362 g/mol. The van der Waals surface area contributed by atoms with Gasteiger partial charge in [0.2, 0.25) is 0 Å². The van der Waals surface area contributed by atoms with Crippen LogP contribution in [0.3, 0.4) is 0 Å². The van der Waals surface area contributed by atoms with Gasteiger partial charge < -0.3 is 10.4 Å². The molecule has 1 aromatic carbocycles. The van der Waals surface area contributed by atoms with Gasteiger partial charge in [-0.15, -0.1) is 0 Å². The minimum absolute atomic E-state index is 0.103. The highest BCUT2D eigenvalue weighted by molar-refractivity contribution is 9.11. The van der Waals surface area contributed by atoms with Crippen molar-refractivity contribution in [2.45, 2.75) is 25.4 Å².